The van der Waals surface area contributed by atoms with Gasteiger partial charge < -0.3 is 19.7 Å². The third kappa shape index (κ3) is 11.1. The fraction of sp³-hybridized carbons (Fsp3) is 0.500. The molecule has 1 N–H and O–H groups in total. The van der Waals surface area contributed by atoms with Crippen LogP contribution in [0.4, 0.5) is 5.69 Å². The van der Waals surface area contributed by atoms with Gasteiger partial charge in [-0.05, 0) is 59.5 Å². The number of hydrogen-bond acceptors (Lipinski definition) is 6. The predicted octanol–water partition coefficient (Wildman–Crippen LogP) is 5.05. The van der Waals surface area contributed by atoms with Crippen molar-refractivity contribution in [2.75, 3.05) is 39.3 Å². The number of amides is 1. The Morgan fingerprint density at radius 3 is 2.24 bits per heavy atom. The molecule has 2 aromatic heterocycles. The van der Waals surface area contributed by atoms with Crippen LogP contribution in [0.15, 0.2) is 42.7 Å². The van der Waals surface area contributed by atoms with Gasteiger partial charge in [0.05, 0.1) is 31.2 Å². The molecule has 1 amide bonds. The van der Waals surface area contributed by atoms with Crippen molar-refractivity contribution in [3.8, 4) is 17.1 Å². The van der Waals surface area contributed by atoms with Gasteiger partial charge in [-0.1, -0.05) is 26.8 Å². The van der Waals surface area contributed by atoms with Crippen LogP contribution in [-0.2, 0) is 9.53 Å². The Morgan fingerprint density at radius 2 is 1.79 bits per heavy atom. The van der Waals surface area contributed by atoms with Gasteiger partial charge in [0.15, 0.2) is 0 Å². The number of ether oxygens (including phenoxy) is 2. The summed E-state index contributed by atoms with van der Waals surface area (Å²) in [4.78, 5) is 23.1. The highest BCUT2D eigenvalue weighted by atomic mass is 16.5. The average Bonchev–Trinajstić information content (AvgIpc) is 2.78. The predicted molar refractivity (Wildman–Crippen MR) is 138 cm³/mol. The number of anilines is 1. The summed E-state index contributed by atoms with van der Waals surface area (Å²) in [5.41, 5.74) is 3.74. The molecule has 0 aliphatic heterocycles. The number of methoxy groups -OCH3 is 1. The van der Waals surface area contributed by atoms with E-state index in [1.165, 1.54) is 6.42 Å². The molecule has 33 heavy (non-hydrogen) atoms. The summed E-state index contributed by atoms with van der Waals surface area (Å²) in [6, 6.07) is 5.57. The lowest BCUT2D eigenvalue weighted by Crippen LogP contribution is -2.35. The van der Waals surface area contributed by atoms with E-state index < -0.39 is 0 Å². The van der Waals surface area contributed by atoms with E-state index in [-0.39, 0.29) is 12.0 Å². The van der Waals surface area contributed by atoms with Crippen LogP contribution in [0.2, 0.25) is 0 Å². The minimum Gasteiger partial charge on any atom is -0.481 e. The molecule has 0 aromatic carbocycles. The number of nitrogens with one attached hydrogen (secondary N) is 1. The van der Waals surface area contributed by atoms with Crippen LogP contribution in [0.3, 0.4) is 0 Å². The van der Waals surface area contributed by atoms with Crippen LogP contribution in [-0.4, -0.2) is 56.3 Å². The summed E-state index contributed by atoms with van der Waals surface area (Å²) >= 11 is 0. The highest BCUT2D eigenvalue weighted by Crippen LogP contribution is 2.27. The Bertz CT molecular complexity index is 834. The van der Waals surface area contributed by atoms with Crippen molar-refractivity contribution < 1.29 is 14.3 Å². The molecule has 0 saturated heterocycles. The van der Waals surface area contributed by atoms with Crippen LogP contribution in [0.25, 0.3) is 11.3 Å². The second-order valence-corrected chi connectivity index (χ2v) is 7.81. The number of aromatic nitrogens is 2. The first kappa shape index (κ1) is 30.2. The molecule has 7 heteroatoms. The van der Waals surface area contributed by atoms with E-state index in [4.69, 9.17) is 9.47 Å². The monoisotopic (exact) mass is 458 g/mol. The number of aryl methyl sites for hydroxylation is 1. The second-order valence-electron chi connectivity index (χ2n) is 7.81. The van der Waals surface area contributed by atoms with Crippen molar-refractivity contribution in [2.45, 2.75) is 54.1 Å². The molecule has 7 nitrogen and oxygen atoms in total. The number of rotatable bonds is 8. The topological polar surface area (TPSA) is 76.6 Å². The summed E-state index contributed by atoms with van der Waals surface area (Å²) in [7, 11) is 5.32. The second kappa shape index (κ2) is 16.8. The van der Waals surface area contributed by atoms with Crippen molar-refractivity contribution in [2.24, 2.45) is 0 Å². The number of pyridine rings is 2. The van der Waals surface area contributed by atoms with Crippen LogP contribution in [0, 0.1) is 6.92 Å². The average molecular weight is 459 g/mol. The van der Waals surface area contributed by atoms with Gasteiger partial charge in [-0.25, -0.2) is 4.98 Å². The highest BCUT2D eigenvalue weighted by molar-refractivity contribution is 6.05. The lowest BCUT2D eigenvalue weighted by atomic mass is 10.1. The number of hydrogen-bond donors (Lipinski definition) is 1. The van der Waals surface area contributed by atoms with Crippen LogP contribution < -0.4 is 15.0 Å². The molecule has 0 spiro atoms. The zero-order chi connectivity index (χ0) is 25.4. The molecule has 184 valence electrons. The van der Waals surface area contributed by atoms with Crippen molar-refractivity contribution in [3.63, 3.8) is 0 Å². The molecule has 0 radical (unpaired) electrons. The molecule has 0 unspecified atom stereocenters. The Labute approximate surface area is 200 Å². The zero-order valence-corrected chi connectivity index (χ0v) is 21.9. The Hall–Kier alpha value is -2.77. The Morgan fingerprint density at radius 1 is 1.18 bits per heavy atom. The van der Waals surface area contributed by atoms with E-state index in [0.29, 0.717) is 24.6 Å². The van der Waals surface area contributed by atoms with Gasteiger partial charge in [-0.3, -0.25) is 9.78 Å². The van der Waals surface area contributed by atoms with E-state index in [9.17, 15) is 4.79 Å². The van der Waals surface area contributed by atoms with Crippen LogP contribution in [0.1, 0.15) is 46.6 Å². The van der Waals surface area contributed by atoms with Gasteiger partial charge in [0, 0.05) is 36.1 Å². The summed E-state index contributed by atoms with van der Waals surface area (Å²) in [6.07, 6.45) is 4.82. The largest absolute Gasteiger partial charge is 0.481 e. The molecule has 2 heterocycles. The molecular formula is C26H42N4O3. The van der Waals surface area contributed by atoms with Gasteiger partial charge in [-0.15, -0.1) is 0 Å². The van der Waals surface area contributed by atoms with E-state index in [0.717, 1.165) is 22.5 Å². The van der Waals surface area contributed by atoms with Crippen molar-refractivity contribution >= 4 is 11.6 Å². The minimum absolute atomic E-state index is 0.103. The van der Waals surface area contributed by atoms with Gasteiger partial charge >= 0.3 is 0 Å². The van der Waals surface area contributed by atoms with Crippen molar-refractivity contribution in [1.82, 2.24) is 15.3 Å². The lowest BCUT2D eigenvalue weighted by molar-refractivity contribution is -0.115. The number of nitrogens with zero attached hydrogens (tertiary/aromatic N) is 3. The van der Waals surface area contributed by atoms with Gasteiger partial charge in [0.1, 0.15) is 0 Å². The maximum absolute atomic E-state index is 12.7. The lowest BCUT2D eigenvalue weighted by Gasteiger charge is -2.25. The molecular weight excluding hydrogens is 416 g/mol. The first-order valence-corrected chi connectivity index (χ1v) is 11.3. The smallest absolute Gasteiger partial charge is 0.253 e. The van der Waals surface area contributed by atoms with Gasteiger partial charge in [-0.2, -0.15) is 0 Å². The van der Waals surface area contributed by atoms with Gasteiger partial charge in [0.25, 0.3) is 5.91 Å². The molecule has 0 fully saturated rings. The Kier molecular flexibility index (Phi) is 15.4. The molecule has 0 aliphatic rings. The fourth-order valence-electron chi connectivity index (χ4n) is 2.56. The summed E-state index contributed by atoms with van der Waals surface area (Å²) < 4.78 is 10.7. The standard InChI is InChI=1S/C21H27N3O3.C3H8.C2H7N/c1-14(2)21(25)24(9-10-27-15(3)4)19-11-18(22-12-16(19)5)17-7-8-20(26-6)23-13-17;2*1-3-2/h7-8,11-13,15H,1,9-10H2,2-6H3;3H2,1-2H3;3H,1-2H3. The van der Waals surface area contributed by atoms with Crippen LogP contribution >= 0.6 is 0 Å². The number of carbonyl (C=O) groups is 1. The van der Waals surface area contributed by atoms with E-state index >= 15 is 0 Å². The normalized spacial score (nSPS) is 9.88. The fourth-order valence-corrected chi connectivity index (χ4v) is 2.56. The quantitative estimate of drug-likeness (QED) is 0.558. The first-order chi connectivity index (χ1) is 15.7. The molecule has 2 rings (SSSR count). The zero-order valence-electron chi connectivity index (χ0n) is 21.9. The molecule has 0 bridgehead atoms. The van der Waals surface area contributed by atoms with Crippen molar-refractivity contribution in [1.29, 1.82) is 0 Å². The van der Waals surface area contributed by atoms with E-state index in [2.05, 4.69) is 35.7 Å². The van der Waals surface area contributed by atoms with Gasteiger partial charge in [0.2, 0.25) is 5.88 Å². The maximum Gasteiger partial charge on any atom is 0.253 e. The Balaban J connectivity index is 0.00000154. The summed E-state index contributed by atoms with van der Waals surface area (Å²) in [5, 5.41) is 2.75. The molecule has 0 atom stereocenters. The maximum atomic E-state index is 12.7. The highest BCUT2D eigenvalue weighted by Gasteiger charge is 2.19. The SMILES string of the molecule is C=C(C)C(=O)N(CCOC(C)C)c1cc(-c2ccc(OC)nc2)ncc1C.CCC.CNC. The van der Waals surface area contributed by atoms with Crippen molar-refractivity contribution in [3.05, 3.63) is 48.3 Å². The molecule has 0 saturated carbocycles. The third-order valence-corrected chi connectivity index (χ3v) is 3.98. The third-order valence-electron chi connectivity index (χ3n) is 3.98. The first-order valence-electron chi connectivity index (χ1n) is 11.3. The molecule has 2 aromatic rings. The number of carbonyl (C=O) groups excluding carboxylic acids is 1. The van der Waals surface area contributed by atoms with E-state index in [1.54, 1.807) is 37.4 Å². The molecule has 0 aliphatic carbocycles. The summed E-state index contributed by atoms with van der Waals surface area (Å²) in [5.74, 6) is 0.409. The van der Waals surface area contributed by atoms with Crippen LogP contribution in [0.5, 0.6) is 5.88 Å². The summed E-state index contributed by atoms with van der Waals surface area (Å²) in [6.45, 7) is 16.5. The van der Waals surface area contributed by atoms with E-state index in [1.807, 2.05) is 47.0 Å². The minimum atomic E-state index is -0.129.